The lowest BCUT2D eigenvalue weighted by Crippen LogP contribution is -2.10. The summed E-state index contributed by atoms with van der Waals surface area (Å²) in [5.74, 6) is 0.896. The van der Waals surface area contributed by atoms with Crippen LogP contribution in [0.5, 0.6) is 0 Å². The summed E-state index contributed by atoms with van der Waals surface area (Å²) in [6.07, 6.45) is 11.4. The molecule has 3 aromatic rings. The molecule has 0 aromatic heterocycles. The highest BCUT2D eigenvalue weighted by Gasteiger charge is 2.01. The molecule has 0 radical (unpaired) electrons. The molecule has 0 bridgehead atoms. The van der Waals surface area contributed by atoms with Crippen molar-refractivity contribution in [2.45, 2.75) is 152 Å². The van der Waals surface area contributed by atoms with E-state index in [-0.39, 0.29) is 11.6 Å². The van der Waals surface area contributed by atoms with Crippen molar-refractivity contribution in [3.05, 3.63) is 89.5 Å². The van der Waals surface area contributed by atoms with Gasteiger partial charge in [-0.25, -0.2) is 0 Å². The SMILES string of the molecule is CC.CC.CC(=O)C(C)O.CC(=O)c1ccc(-c2ccc(C)cc2)cc1.CC=O.CCCCCCC(C)CCCC.Cc1ccc(S)cc1. The van der Waals surface area contributed by atoms with Gasteiger partial charge in [0.05, 0.1) is 0 Å². The number of rotatable bonds is 11. The monoisotopic (exact) mass is 697 g/mol. The van der Waals surface area contributed by atoms with Crippen LogP contribution in [0.25, 0.3) is 11.1 Å². The number of aryl methyl sites for hydroxylation is 2. The molecule has 3 rings (SSSR count). The highest BCUT2D eigenvalue weighted by Crippen LogP contribution is 2.20. The van der Waals surface area contributed by atoms with Crippen molar-refractivity contribution in [2.75, 3.05) is 0 Å². The molecule has 0 saturated carbocycles. The number of Topliss-reactive ketones (excluding diaryl/α,β-unsaturated/α-hetero) is 2. The van der Waals surface area contributed by atoms with Crippen molar-refractivity contribution in [3.63, 3.8) is 0 Å². The molecule has 3 aromatic carbocycles. The third-order valence-corrected chi connectivity index (χ3v) is 7.20. The van der Waals surface area contributed by atoms with E-state index in [0.29, 0.717) is 0 Å². The first-order valence-corrected chi connectivity index (χ1v) is 18.8. The zero-order chi connectivity index (χ0) is 38.6. The molecule has 0 saturated heterocycles. The Morgan fingerprint density at radius 1 is 0.673 bits per heavy atom. The Balaban J connectivity index is -0.000000272. The Morgan fingerprint density at radius 3 is 1.35 bits per heavy atom. The second-order valence-corrected chi connectivity index (χ2v) is 12.0. The first-order valence-electron chi connectivity index (χ1n) is 18.3. The molecule has 0 heterocycles. The summed E-state index contributed by atoms with van der Waals surface area (Å²) in [5, 5.41) is 8.28. The smallest absolute Gasteiger partial charge is 0.159 e. The van der Waals surface area contributed by atoms with Crippen LogP contribution in [-0.2, 0) is 9.59 Å². The van der Waals surface area contributed by atoms with Crippen molar-refractivity contribution < 1.29 is 19.5 Å². The van der Waals surface area contributed by atoms with E-state index < -0.39 is 6.10 Å². The van der Waals surface area contributed by atoms with E-state index in [1.165, 1.54) is 88.8 Å². The molecule has 1 N–H and O–H groups in total. The maximum Gasteiger partial charge on any atom is 0.159 e. The van der Waals surface area contributed by atoms with Gasteiger partial charge in [-0.15, -0.1) is 12.6 Å². The van der Waals surface area contributed by atoms with Gasteiger partial charge < -0.3 is 9.90 Å². The summed E-state index contributed by atoms with van der Waals surface area (Å²) in [5.41, 5.74) is 5.62. The lowest BCUT2D eigenvalue weighted by atomic mass is 9.97. The molecule has 278 valence electrons. The maximum absolute atomic E-state index is 11.1. The zero-order valence-electron chi connectivity index (χ0n) is 33.4. The van der Waals surface area contributed by atoms with Crippen LogP contribution in [0.2, 0.25) is 0 Å². The molecule has 4 nitrogen and oxygen atoms in total. The van der Waals surface area contributed by atoms with Crippen molar-refractivity contribution in [2.24, 2.45) is 5.92 Å². The van der Waals surface area contributed by atoms with E-state index in [1.54, 1.807) is 6.92 Å². The van der Waals surface area contributed by atoms with Gasteiger partial charge in [-0.2, -0.15) is 0 Å². The highest BCUT2D eigenvalue weighted by molar-refractivity contribution is 7.80. The first-order chi connectivity index (χ1) is 23.3. The predicted octanol–water partition coefficient (Wildman–Crippen LogP) is 13.1. The predicted molar refractivity (Wildman–Crippen MR) is 219 cm³/mol. The molecule has 2 atom stereocenters. The molecule has 49 heavy (non-hydrogen) atoms. The molecule has 0 amide bonds. The minimum Gasteiger partial charge on any atom is -0.386 e. The molecule has 0 aliphatic heterocycles. The van der Waals surface area contributed by atoms with Crippen molar-refractivity contribution in [1.29, 1.82) is 0 Å². The maximum atomic E-state index is 11.1. The van der Waals surface area contributed by atoms with Crippen LogP contribution in [0.1, 0.15) is 149 Å². The Labute approximate surface area is 308 Å². The molecular weight excluding hydrogens is 625 g/mol. The topological polar surface area (TPSA) is 71.4 Å². The average molecular weight is 697 g/mol. The number of unbranched alkanes of at least 4 members (excludes halogenated alkanes) is 4. The van der Waals surface area contributed by atoms with Crippen LogP contribution in [0, 0.1) is 19.8 Å². The highest BCUT2D eigenvalue weighted by atomic mass is 32.1. The Morgan fingerprint density at radius 2 is 1.02 bits per heavy atom. The van der Waals surface area contributed by atoms with Gasteiger partial charge in [0.15, 0.2) is 11.6 Å². The molecule has 2 unspecified atom stereocenters. The van der Waals surface area contributed by atoms with E-state index >= 15 is 0 Å². The average Bonchev–Trinajstić information content (AvgIpc) is 3.10. The second-order valence-electron chi connectivity index (χ2n) is 11.5. The number of aliphatic hydroxyl groups is 1. The largest absolute Gasteiger partial charge is 0.386 e. The van der Waals surface area contributed by atoms with E-state index in [0.717, 1.165) is 28.2 Å². The molecule has 5 heteroatoms. The van der Waals surface area contributed by atoms with Crippen LogP contribution in [-0.4, -0.2) is 29.1 Å². The van der Waals surface area contributed by atoms with Crippen molar-refractivity contribution in [3.8, 4) is 11.1 Å². The lowest BCUT2D eigenvalue weighted by Gasteiger charge is -2.09. The van der Waals surface area contributed by atoms with Gasteiger partial charge in [0.2, 0.25) is 0 Å². The van der Waals surface area contributed by atoms with Crippen LogP contribution in [0.3, 0.4) is 0 Å². The Kier molecular flexibility index (Phi) is 40.7. The zero-order valence-corrected chi connectivity index (χ0v) is 34.3. The third-order valence-electron chi connectivity index (χ3n) is 6.90. The molecule has 0 aliphatic rings. The third kappa shape index (κ3) is 34.6. The van der Waals surface area contributed by atoms with E-state index in [4.69, 9.17) is 9.90 Å². The summed E-state index contributed by atoms with van der Waals surface area (Å²) in [6.45, 7) is 24.9. The molecule has 0 fully saturated rings. The Bertz CT molecular complexity index is 1130. The van der Waals surface area contributed by atoms with Crippen LogP contribution in [0.4, 0.5) is 0 Å². The van der Waals surface area contributed by atoms with Gasteiger partial charge in [0, 0.05) is 10.5 Å². The number of hydrogen-bond acceptors (Lipinski definition) is 5. The van der Waals surface area contributed by atoms with Gasteiger partial charge in [-0.05, 0) is 70.7 Å². The number of aliphatic hydroxyl groups excluding tert-OH is 1. The minimum atomic E-state index is -0.787. The molecule has 0 spiro atoms. The second kappa shape index (κ2) is 37.8. The number of aldehydes is 1. The van der Waals surface area contributed by atoms with Crippen molar-refractivity contribution >= 4 is 30.5 Å². The molecular formula is C44H72O4S. The van der Waals surface area contributed by atoms with Gasteiger partial charge in [-0.1, -0.05) is 172 Å². The number of carbonyl (C=O) groups excluding carboxylic acids is 3. The van der Waals surface area contributed by atoms with Crippen LogP contribution >= 0.6 is 12.6 Å². The Hall–Kier alpha value is -3.02. The quantitative estimate of drug-likeness (QED) is 0.0906. The van der Waals surface area contributed by atoms with Gasteiger partial charge in [0.25, 0.3) is 0 Å². The number of thiol groups is 1. The summed E-state index contributed by atoms with van der Waals surface area (Å²) < 4.78 is 0. The van der Waals surface area contributed by atoms with E-state index in [1.807, 2.05) is 76.2 Å². The fourth-order valence-corrected chi connectivity index (χ4v) is 3.95. The summed E-state index contributed by atoms with van der Waals surface area (Å²) in [6, 6.07) is 24.2. The van der Waals surface area contributed by atoms with Gasteiger partial charge in [0.1, 0.15) is 12.4 Å². The van der Waals surface area contributed by atoms with Crippen LogP contribution in [0.15, 0.2) is 77.7 Å². The summed E-state index contributed by atoms with van der Waals surface area (Å²) >= 11 is 4.13. The number of carbonyl (C=O) groups is 3. The van der Waals surface area contributed by atoms with Gasteiger partial charge >= 0.3 is 0 Å². The number of ketones is 2. The lowest BCUT2D eigenvalue weighted by molar-refractivity contribution is -0.124. The summed E-state index contributed by atoms with van der Waals surface area (Å²) in [4.78, 5) is 30.9. The van der Waals surface area contributed by atoms with Crippen molar-refractivity contribution in [1.82, 2.24) is 0 Å². The number of benzene rings is 3. The fraction of sp³-hybridized carbons (Fsp3) is 0.523. The molecule has 0 aliphatic carbocycles. The standard InChI is InChI=1S/C15H14O.C12H26.C7H8S.C4H8O2.C2H4O.2C2H6/c1-11-3-5-14(6-4-11)15-9-7-13(8-10-15)12(2)16;1-4-6-8-9-11-12(3)10-7-5-2;1-6-2-4-7(8)5-3-6;1-3(5)4(2)6;1-2-3;2*1-2/h3-10H,1-2H3;12H,4-11H2,1-3H3;2-5,8H,1H3;3,5H,1-2H3;2H,1H3;2*1-2H3. The first kappa shape index (κ1) is 52.8. The van der Waals surface area contributed by atoms with E-state index in [9.17, 15) is 9.59 Å². The normalized spacial score (nSPS) is 10.3. The van der Waals surface area contributed by atoms with Crippen LogP contribution < -0.4 is 0 Å². The minimum absolute atomic E-state index is 0.107. The number of hydrogen-bond donors (Lipinski definition) is 2. The van der Waals surface area contributed by atoms with E-state index in [2.05, 4.69) is 71.5 Å². The fourth-order valence-electron chi connectivity index (χ4n) is 3.80. The van der Waals surface area contributed by atoms with Gasteiger partial charge in [-0.3, -0.25) is 9.59 Å². The summed E-state index contributed by atoms with van der Waals surface area (Å²) in [7, 11) is 0.